The lowest BCUT2D eigenvalue weighted by molar-refractivity contribution is -0.144. The Bertz CT molecular complexity index is 1020. The minimum Gasteiger partial charge on any atom is -0.507 e. The quantitative estimate of drug-likeness (QED) is 0.248. The van der Waals surface area contributed by atoms with Crippen LogP contribution in [0.25, 0.3) is 0 Å². The van der Waals surface area contributed by atoms with Gasteiger partial charge in [0.25, 0.3) is 0 Å². The Morgan fingerprint density at radius 3 is 2.50 bits per heavy atom. The van der Waals surface area contributed by atoms with Crippen molar-refractivity contribution in [3.8, 4) is 11.8 Å². The lowest BCUT2D eigenvalue weighted by Crippen LogP contribution is -2.53. The summed E-state index contributed by atoms with van der Waals surface area (Å²) < 4.78 is 10.2. The van der Waals surface area contributed by atoms with E-state index in [1.54, 1.807) is 46.8 Å². The molecule has 3 amide bonds. The highest BCUT2D eigenvalue weighted by atomic mass is 32.2. The number of aromatic hydroxyl groups is 1. The largest absolute Gasteiger partial charge is 0.507 e. The number of ether oxygens (including phenoxy) is 2. The number of nitrogens with zero attached hydrogens (tertiary/aromatic N) is 2. The van der Waals surface area contributed by atoms with E-state index in [9.17, 15) is 29.5 Å². The fraction of sp³-hybridized carbons (Fsp3) is 0.577. The van der Waals surface area contributed by atoms with Crippen LogP contribution in [0.1, 0.15) is 57.7 Å². The van der Waals surface area contributed by atoms with Crippen LogP contribution in [0.5, 0.6) is 5.75 Å². The zero-order valence-corrected chi connectivity index (χ0v) is 23.6. The first-order valence-electron chi connectivity index (χ1n) is 12.2. The molecule has 0 fully saturated rings. The molecule has 1 rings (SSSR count). The third kappa shape index (κ3) is 10.5. The molecule has 0 aromatic heterocycles. The second kappa shape index (κ2) is 15.7. The molecule has 210 valence electrons. The Balaban J connectivity index is 3.42. The smallest absolute Gasteiger partial charge is 0.408 e. The highest BCUT2D eigenvalue weighted by Crippen LogP contribution is 2.32. The molecule has 0 saturated heterocycles. The molecular weight excluding hydrogens is 512 g/mol. The fourth-order valence-electron chi connectivity index (χ4n) is 3.49. The second-order valence-corrected chi connectivity index (χ2v) is 10.4. The number of alkyl carbamates (subject to hydrolysis) is 1. The van der Waals surface area contributed by atoms with E-state index in [0.29, 0.717) is 11.3 Å². The first kappa shape index (κ1) is 32.6. The van der Waals surface area contributed by atoms with Crippen molar-refractivity contribution in [2.24, 2.45) is 0 Å². The summed E-state index contributed by atoms with van der Waals surface area (Å²) in [7, 11) is 0. The minimum atomic E-state index is -1.42. The number of phenols is 1. The molecule has 3 N–H and O–H groups in total. The van der Waals surface area contributed by atoms with E-state index < -0.39 is 48.1 Å². The maximum Gasteiger partial charge on any atom is 0.408 e. The molecule has 2 atom stereocenters. The summed E-state index contributed by atoms with van der Waals surface area (Å²) in [6.07, 6.45) is 1.13. The van der Waals surface area contributed by atoms with Crippen LogP contribution in [0, 0.1) is 18.3 Å². The number of nitrogens with one attached hydrogen (secondary N) is 2. The van der Waals surface area contributed by atoms with Crippen LogP contribution in [0.3, 0.4) is 0 Å². The SMILES string of the molecule is CCOC(=O)CCNC(=O)C(c1cccc(C)c1O)N(CC#N)C(=O)C(CCSC)NC(=O)OC(C)(C)C. The number of rotatable bonds is 13. The van der Waals surface area contributed by atoms with Gasteiger partial charge in [0, 0.05) is 12.1 Å². The van der Waals surface area contributed by atoms with Gasteiger partial charge >= 0.3 is 12.1 Å². The Morgan fingerprint density at radius 1 is 1.24 bits per heavy atom. The zero-order chi connectivity index (χ0) is 28.9. The van der Waals surface area contributed by atoms with Crippen LogP contribution < -0.4 is 10.6 Å². The van der Waals surface area contributed by atoms with Crippen LogP contribution in [0.15, 0.2) is 18.2 Å². The van der Waals surface area contributed by atoms with Crippen LogP contribution in [-0.2, 0) is 23.9 Å². The molecule has 0 spiro atoms. The fourth-order valence-corrected chi connectivity index (χ4v) is 3.96. The van der Waals surface area contributed by atoms with Crippen molar-refractivity contribution < 1.29 is 33.8 Å². The summed E-state index contributed by atoms with van der Waals surface area (Å²) in [5.74, 6) is -1.63. The standard InChI is InChI=1S/C26H38N4O7S/c1-7-36-20(31)11-14-28-23(33)21(18-10-8-9-17(2)22(18)32)30(15-13-27)24(34)19(12-16-38-6)29-25(35)37-26(3,4)5/h8-10,19,21,32H,7,11-12,14-16H2,1-6H3,(H,28,33)(H,29,35). The maximum atomic E-state index is 13.8. The Hall–Kier alpha value is -3.46. The van der Waals surface area contributed by atoms with Gasteiger partial charge in [-0.15, -0.1) is 0 Å². The molecule has 12 heteroatoms. The number of hydrogen-bond donors (Lipinski definition) is 3. The Kier molecular flexibility index (Phi) is 13.5. The number of para-hydroxylation sites is 1. The van der Waals surface area contributed by atoms with Crippen LogP contribution in [-0.4, -0.2) is 77.2 Å². The summed E-state index contributed by atoms with van der Waals surface area (Å²) in [4.78, 5) is 52.4. The first-order valence-corrected chi connectivity index (χ1v) is 13.6. The van der Waals surface area contributed by atoms with E-state index >= 15 is 0 Å². The van der Waals surface area contributed by atoms with Crippen molar-refractivity contribution in [2.45, 2.75) is 65.1 Å². The number of carbonyl (C=O) groups is 4. The monoisotopic (exact) mass is 550 g/mol. The van der Waals surface area contributed by atoms with Gasteiger partial charge in [0.05, 0.1) is 19.1 Å². The molecule has 11 nitrogen and oxygen atoms in total. The molecule has 0 saturated carbocycles. The minimum absolute atomic E-state index is 0.0820. The van der Waals surface area contributed by atoms with Crippen molar-refractivity contribution in [2.75, 3.05) is 31.7 Å². The molecule has 0 aliphatic carbocycles. The number of aryl methyl sites for hydroxylation is 1. The van der Waals surface area contributed by atoms with Gasteiger partial charge in [0.15, 0.2) is 0 Å². The van der Waals surface area contributed by atoms with E-state index in [4.69, 9.17) is 9.47 Å². The Labute approximate surface area is 228 Å². The average Bonchev–Trinajstić information content (AvgIpc) is 2.82. The molecule has 0 radical (unpaired) electrons. The molecule has 0 heterocycles. The highest BCUT2D eigenvalue weighted by molar-refractivity contribution is 7.98. The van der Waals surface area contributed by atoms with Crippen molar-refractivity contribution in [3.05, 3.63) is 29.3 Å². The third-order valence-corrected chi connectivity index (χ3v) is 5.83. The Morgan fingerprint density at radius 2 is 1.92 bits per heavy atom. The van der Waals surface area contributed by atoms with E-state index in [1.165, 1.54) is 17.8 Å². The number of amides is 3. The van der Waals surface area contributed by atoms with E-state index in [-0.39, 0.29) is 37.3 Å². The number of benzene rings is 1. The number of esters is 1. The number of carbonyl (C=O) groups excluding carboxylic acids is 4. The second-order valence-electron chi connectivity index (χ2n) is 9.37. The van der Waals surface area contributed by atoms with Gasteiger partial charge in [-0.25, -0.2) is 4.79 Å². The van der Waals surface area contributed by atoms with Crippen molar-refractivity contribution in [3.63, 3.8) is 0 Å². The summed E-state index contributed by atoms with van der Waals surface area (Å²) in [6, 6.07) is 4.11. The van der Waals surface area contributed by atoms with Gasteiger partial charge in [0.2, 0.25) is 11.8 Å². The number of thioether (sulfide) groups is 1. The number of nitriles is 1. The van der Waals surface area contributed by atoms with E-state index in [0.717, 1.165) is 4.90 Å². The topological polar surface area (TPSA) is 158 Å². The summed E-state index contributed by atoms with van der Waals surface area (Å²) in [5, 5.41) is 25.5. The van der Waals surface area contributed by atoms with Gasteiger partial charge in [0.1, 0.15) is 30.0 Å². The van der Waals surface area contributed by atoms with Crippen molar-refractivity contribution in [1.29, 1.82) is 5.26 Å². The molecule has 1 aromatic rings. The maximum absolute atomic E-state index is 13.8. The molecule has 2 unspecified atom stereocenters. The zero-order valence-electron chi connectivity index (χ0n) is 22.8. The van der Waals surface area contributed by atoms with Crippen LogP contribution in [0.4, 0.5) is 4.79 Å². The number of phenolic OH excluding ortho intramolecular Hbond substituents is 1. The molecular formula is C26H38N4O7S. The third-order valence-electron chi connectivity index (χ3n) is 5.18. The summed E-state index contributed by atoms with van der Waals surface area (Å²) in [6.45, 7) is 7.96. The molecule has 0 aliphatic rings. The molecule has 0 bridgehead atoms. The first-order chi connectivity index (χ1) is 17.9. The van der Waals surface area contributed by atoms with E-state index in [2.05, 4.69) is 10.6 Å². The van der Waals surface area contributed by atoms with Gasteiger partial charge in [-0.3, -0.25) is 14.4 Å². The van der Waals surface area contributed by atoms with Gasteiger partial charge < -0.3 is 30.1 Å². The van der Waals surface area contributed by atoms with Crippen LogP contribution >= 0.6 is 11.8 Å². The summed E-state index contributed by atoms with van der Waals surface area (Å²) >= 11 is 1.45. The predicted molar refractivity (Wildman–Crippen MR) is 143 cm³/mol. The van der Waals surface area contributed by atoms with Gasteiger partial charge in [-0.1, -0.05) is 18.2 Å². The normalized spacial score (nSPS) is 12.4. The summed E-state index contributed by atoms with van der Waals surface area (Å²) in [5.41, 5.74) is -0.247. The average molecular weight is 551 g/mol. The van der Waals surface area contributed by atoms with Gasteiger partial charge in [-0.05, 0) is 58.6 Å². The van der Waals surface area contributed by atoms with Crippen molar-refractivity contribution >= 4 is 35.6 Å². The van der Waals surface area contributed by atoms with Gasteiger partial charge in [-0.2, -0.15) is 17.0 Å². The van der Waals surface area contributed by atoms with Crippen molar-refractivity contribution in [1.82, 2.24) is 15.5 Å². The van der Waals surface area contributed by atoms with Crippen LogP contribution in [0.2, 0.25) is 0 Å². The molecule has 0 aliphatic heterocycles. The lowest BCUT2D eigenvalue weighted by atomic mass is 9.99. The molecule has 38 heavy (non-hydrogen) atoms. The lowest BCUT2D eigenvalue weighted by Gasteiger charge is -2.33. The number of hydrogen-bond acceptors (Lipinski definition) is 9. The predicted octanol–water partition coefficient (Wildman–Crippen LogP) is 2.81. The van der Waals surface area contributed by atoms with E-state index in [1.807, 2.05) is 12.3 Å². The molecule has 1 aromatic carbocycles. The highest BCUT2D eigenvalue weighted by Gasteiger charge is 2.37.